The lowest BCUT2D eigenvalue weighted by Gasteiger charge is -2.40. The number of piperidine rings is 1. The maximum absolute atomic E-state index is 13.5. The molecule has 0 spiro atoms. The highest BCUT2D eigenvalue weighted by molar-refractivity contribution is 5.80. The summed E-state index contributed by atoms with van der Waals surface area (Å²) in [6.45, 7) is 6.12. The van der Waals surface area contributed by atoms with Crippen molar-refractivity contribution >= 4 is 10.9 Å². The number of benzene rings is 2. The fourth-order valence-corrected chi connectivity index (χ4v) is 5.69. The number of H-pyrrole nitrogens is 1. The number of rotatable bonds is 8. The fraction of sp³-hybridized carbons (Fsp3) is 0.414. The highest BCUT2D eigenvalue weighted by Gasteiger charge is 2.30. The minimum atomic E-state index is -0.171. The highest BCUT2D eigenvalue weighted by Crippen LogP contribution is 2.29. The first-order chi connectivity index (χ1) is 16.9. The molecular formula is C29H36FN5. The minimum Gasteiger partial charge on any atom is -0.357 e. The van der Waals surface area contributed by atoms with E-state index in [1.807, 2.05) is 23.9 Å². The Balaban J connectivity index is 1.26. The zero-order chi connectivity index (χ0) is 24.4. The Morgan fingerprint density at radius 2 is 1.86 bits per heavy atom. The van der Waals surface area contributed by atoms with Gasteiger partial charge < -0.3 is 4.98 Å². The number of nitrogens with zero attached hydrogens (tertiary/aromatic N) is 4. The summed E-state index contributed by atoms with van der Waals surface area (Å²) in [5.41, 5.74) is 6.07. The van der Waals surface area contributed by atoms with Gasteiger partial charge in [-0.25, -0.2) is 4.39 Å². The largest absolute Gasteiger partial charge is 0.357 e. The van der Waals surface area contributed by atoms with Crippen LogP contribution in [0.5, 0.6) is 0 Å². The first-order valence-corrected chi connectivity index (χ1v) is 12.7. The van der Waals surface area contributed by atoms with Crippen molar-refractivity contribution in [2.24, 2.45) is 13.0 Å². The average molecular weight is 474 g/mol. The van der Waals surface area contributed by atoms with Gasteiger partial charge in [-0.1, -0.05) is 30.3 Å². The molecule has 5 nitrogen and oxygen atoms in total. The standard InChI is InChI=1S/C29H36FN5/c1-21-25(19-34(3)32-21)18-33(2)29(16-22-8-10-26(30)11-9-22)23-12-14-35(15-13-23)20-27-17-24-6-4-5-7-28(24)31-27/h4-11,17,19,23,29,31H,12-16,18,20H2,1-3H3. The van der Waals surface area contributed by atoms with Crippen LogP contribution in [0.3, 0.4) is 0 Å². The summed E-state index contributed by atoms with van der Waals surface area (Å²) in [6, 6.07) is 18.2. The van der Waals surface area contributed by atoms with Crippen molar-refractivity contribution < 1.29 is 4.39 Å². The molecule has 0 amide bonds. The quantitative estimate of drug-likeness (QED) is 0.377. The maximum atomic E-state index is 13.5. The van der Waals surface area contributed by atoms with E-state index in [4.69, 9.17) is 0 Å². The maximum Gasteiger partial charge on any atom is 0.123 e. The lowest BCUT2D eigenvalue weighted by Crippen LogP contribution is -2.45. The van der Waals surface area contributed by atoms with E-state index in [1.54, 1.807) is 12.1 Å². The van der Waals surface area contributed by atoms with Gasteiger partial charge >= 0.3 is 0 Å². The lowest BCUT2D eigenvalue weighted by atomic mass is 9.84. The third-order valence-corrected chi connectivity index (χ3v) is 7.62. The number of likely N-dealkylation sites (N-methyl/N-ethyl adjacent to an activating group) is 1. The van der Waals surface area contributed by atoms with E-state index in [-0.39, 0.29) is 5.82 Å². The molecule has 1 aliphatic heterocycles. The van der Waals surface area contributed by atoms with Crippen LogP contribution >= 0.6 is 0 Å². The lowest BCUT2D eigenvalue weighted by molar-refractivity contribution is 0.0948. The summed E-state index contributed by atoms with van der Waals surface area (Å²) in [6.07, 6.45) is 5.40. The summed E-state index contributed by atoms with van der Waals surface area (Å²) >= 11 is 0. The molecule has 5 rings (SSSR count). The van der Waals surface area contributed by atoms with Crippen molar-refractivity contribution in [2.75, 3.05) is 20.1 Å². The molecule has 1 aliphatic rings. The van der Waals surface area contributed by atoms with Crippen LogP contribution in [0.1, 0.15) is 35.4 Å². The van der Waals surface area contributed by atoms with E-state index < -0.39 is 0 Å². The number of aromatic nitrogens is 3. The zero-order valence-corrected chi connectivity index (χ0v) is 21.0. The van der Waals surface area contributed by atoms with E-state index >= 15 is 0 Å². The number of aryl methyl sites for hydroxylation is 2. The molecule has 1 atom stereocenters. The van der Waals surface area contributed by atoms with Crippen LogP contribution in [-0.2, 0) is 26.6 Å². The molecule has 4 aromatic rings. The molecule has 2 aromatic heterocycles. The van der Waals surface area contributed by atoms with E-state index in [0.717, 1.165) is 38.3 Å². The van der Waals surface area contributed by atoms with Gasteiger partial charge in [-0.15, -0.1) is 0 Å². The van der Waals surface area contributed by atoms with Crippen LogP contribution in [0.4, 0.5) is 4.39 Å². The van der Waals surface area contributed by atoms with Gasteiger partial charge in [-0.05, 0) is 87.5 Å². The summed E-state index contributed by atoms with van der Waals surface area (Å²) in [5, 5.41) is 5.82. The van der Waals surface area contributed by atoms with Crippen LogP contribution in [0, 0.1) is 18.7 Å². The Labute approximate surface area is 207 Å². The molecule has 1 fully saturated rings. The third kappa shape index (κ3) is 5.65. The van der Waals surface area contributed by atoms with E-state index in [1.165, 1.54) is 40.6 Å². The normalized spacial score (nSPS) is 16.4. The van der Waals surface area contributed by atoms with Crippen LogP contribution in [0.15, 0.2) is 60.8 Å². The van der Waals surface area contributed by atoms with Gasteiger partial charge in [0.25, 0.3) is 0 Å². The van der Waals surface area contributed by atoms with Crippen molar-refractivity contribution in [1.29, 1.82) is 0 Å². The first-order valence-electron chi connectivity index (χ1n) is 12.7. The SMILES string of the molecule is Cc1nn(C)cc1CN(C)C(Cc1ccc(F)cc1)C1CCN(Cc2cc3ccccc3[nH]2)CC1. The Hall–Kier alpha value is -2.96. The molecule has 35 heavy (non-hydrogen) atoms. The molecule has 0 saturated carbocycles. The molecule has 184 valence electrons. The summed E-state index contributed by atoms with van der Waals surface area (Å²) < 4.78 is 15.4. The molecule has 0 aliphatic carbocycles. The van der Waals surface area contributed by atoms with Crippen molar-refractivity contribution in [2.45, 2.75) is 45.3 Å². The molecule has 0 bridgehead atoms. The number of nitrogens with one attached hydrogen (secondary N) is 1. The molecule has 6 heteroatoms. The number of halogens is 1. The summed E-state index contributed by atoms with van der Waals surface area (Å²) in [4.78, 5) is 8.64. The predicted molar refractivity (Wildman–Crippen MR) is 140 cm³/mol. The molecule has 0 radical (unpaired) electrons. The monoisotopic (exact) mass is 473 g/mol. The number of likely N-dealkylation sites (tertiary alicyclic amines) is 1. The predicted octanol–water partition coefficient (Wildman–Crippen LogP) is 5.30. The van der Waals surface area contributed by atoms with Gasteiger partial charge in [0.05, 0.1) is 5.69 Å². The number of aromatic amines is 1. The van der Waals surface area contributed by atoms with Crippen molar-refractivity contribution in [1.82, 2.24) is 24.6 Å². The van der Waals surface area contributed by atoms with Gasteiger partial charge in [0.2, 0.25) is 0 Å². The van der Waals surface area contributed by atoms with Crippen LogP contribution in [0.2, 0.25) is 0 Å². The van der Waals surface area contributed by atoms with Gasteiger partial charge in [-0.2, -0.15) is 5.10 Å². The van der Waals surface area contributed by atoms with E-state index in [0.29, 0.717) is 12.0 Å². The smallest absolute Gasteiger partial charge is 0.123 e. The topological polar surface area (TPSA) is 40.1 Å². The molecule has 1 saturated heterocycles. The fourth-order valence-electron chi connectivity index (χ4n) is 5.69. The molecular weight excluding hydrogens is 437 g/mol. The Bertz CT molecular complexity index is 1220. The number of hydrogen-bond acceptors (Lipinski definition) is 3. The highest BCUT2D eigenvalue weighted by atomic mass is 19.1. The number of para-hydroxylation sites is 1. The zero-order valence-electron chi connectivity index (χ0n) is 21.0. The van der Waals surface area contributed by atoms with Crippen molar-refractivity contribution in [3.05, 3.63) is 89.1 Å². The van der Waals surface area contributed by atoms with E-state index in [9.17, 15) is 4.39 Å². The third-order valence-electron chi connectivity index (χ3n) is 7.62. The Morgan fingerprint density at radius 3 is 2.54 bits per heavy atom. The van der Waals surface area contributed by atoms with Gasteiger partial charge in [-0.3, -0.25) is 14.5 Å². The average Bonchev–Trinajstić information content (AvgIpc) is 3.40. The minimum absolute atomic E-state index is 0.171. The Morgan fingerprint density at radius 1 is 1.11 bits per heavy atom. The molecule has 1 N–H and O–H groups in total. The summed E-state index contributed by atoms with van der Waals surface area (Å²) in [7, 11) is 4.22. The molecule has 1 unspecified atom stereocenters. The summed E-state index contributed by atoms with van der Waals surface area (Å²) in [5.74, 6) is 0.427. The van der Waals surface area contributed by atoms with E-state index in [2.05, 4.69) is 70.4 Å². The van der Waals surface area contributed by atoms with Crippen molar-refractivity contribution in [3.63, 3.8) is 0 Å². The second-order valence-electron chi connectivity index (χ2n) is 10.2. The Kier molecular flexibility index (Phi) is 7.02. The van der Waals surface area contributed by atoms with Crippen LogP contribution in [0.25, 0.3) is 10.9 Å². The van der Waals surface area contributed by atoms with Crippen molar-refractivity contribution in [3.8, 4) is 0 Å². The van der Waals surface area contributed by atoms with Crippen LogP contribution in [-0.4, -0.2) is 50.7 Å². The van der Waals surface area contributed by atoms with Gasteiger partial charge in [0.15, 0.2) is 0 Å². The van der Waals surface area contributed by atoms with Gasteiger partial charge in [0, 0.05) is 49.1 Å². The second-order valence-corrected chi connectivity index (χ2v) is 10.2. The van der Waals surface area contributed by atoms with Gasteiger partial charge in [0.1, 0.15) is 5.82 Å². The second kappa shape index (κ2) is 10.3. The molecule has 3 heterocycles. The first kappa shape index (κ1) is 23.8. The van der Waals surface area contributed by atoms with Crippen LogP contribution < -0.4 is 0 Å². The number of hydrogen-bond donors (Lipinski definition) is 1. The number of fused-ring (bicyclic) bond motifs is 1. The molecule has 2 aromatic carbocycles.